The normalized spacial score (nSPS) is 50.6. The third kappa shape index (κ3) is 1.41. The van der Waals surface area contributed by atoms with Gasteiger partial charge in [-0.15, -0.1) is 0 Å². The van der Waals surface area contributed by atoms with Gasteiger partial charge in [0.2, 0.25) is 0 Å². The Kier molecular flexibility index (Phi) is 2.47. The lowest BCUT2D eigenvalue weighted by Crippen LogP contribution is -2.69. The molecule has 0 amide bonds. The van der Waals surface area contributed by atoms with Crippen LogP contribution < -0.4 is 0 Å². The number of piperidine rings is 2. The molecule has 3 fully saturated rings. The van der Waals surface area contributed by atoms with E-state index in [1.165, 1.54) is 51.4 Å². The van der Waals surface area contributed by atoms with Crippen LogP contribution in [-0.4, -0.2) is 21.5 Å². The van der Waals surface area contributed by atoms with E-state index < -0.39 is 0 Å². The smallest absolute Gasteiger partial charge is 0.0243 e. The van der Waals surface area contributed by atoms with Gasteiger partial charge in [0.05, 0.1) is 0 Å². The highest BCUT2D eigenvalue weighted by Crippen LogP contribution is 2.59. The highest BCUT2D eigenvalue weighted by molar-refractivity contribution is 5.17. The summed E-state index contributed by atoms with van der Waals surface area (Å²) < 4.78 is 0. The molecule has 2 atom stereocenters. The first-order valence-corrected chi connectivity index (χ1v) is 7.74. The Morgan fingerprint density at radius 2 is 1.24 bits per heavy atom. The summed E-state index contributed by atoms with van der Waals surface area (Å²) in [7, 11) is 0. The lowest BCUT2D eigenvalue weighted by Gasteiger charge is -2.64. The van der Waals surface area contributed by atoms with Crippen molar-refractivity contribution in [1.82, 2.24) is 4.90 Å². The summed E-state index contributed by atoms with van der Waals surface area (Å²) in [5, 5.41) is 0. The van der Waals surface area contributed by atoms with Gasteiger partial charge in [0, 0.05) is 16.6 Å². The van der Waals surface area contributed by atoms with E-state index in [-0.39, 0.29) is 0 Å². The molecule has 3 rings (SSSR count). The van der Waals surface area contributed by atoms with E-state index in [2.05, 4.69) is 32.6 Å². The molecule has 3 saturated heterocycles. The summed E-state index contributed by atoms with van der Waals surface area (Å²) in [5.41, 5.74) is 1.59. The van der Waals surface area contributed by atoms with Crippen LogP contribution in [0.2, 0.25) is 0 Å². The van der Waals surface area contributed by atoms with Crippen molar-refractivity contribution in [3.05, 3.63) is 0 Å². The van der Waals surface area contributed by atoms with Gasteiger partial charge in [-0.2, -0.15) is 0 Å². The first-order chi connectivity index (χ1) is 7.93. The quantitative estimate of drug-likeness (QED) is 0.652. The van der Waals surface area contributed by atoms with Gasteiger partial charge < -0.3 is 0 Å². The van der Waals surface area contributed by atoms with Gasteiger partial charge in [0.25, 0.3) is 0 Å². The van der Waals surface area contributed by atoms with Gasteiger partial charge in [-0.1, -0.05) is 13.8 Å². The molecule has 0 saturated carbocycles. The largest absolute Gasteiger partial charge is 0.287 e. The molecule has 3 aliphatic heterocycles. The summed E-state index contributed by atoms with van der Waals surface area (Å²) in [6.07, 6.45) is 11.6. The molecule has 3 heterocycles. The average Bonchev–Trinajstić information content (AvgIpc) is 2.53. The van der Waals surface area contributed by atoms with E-state index in [9.17, 15) is 0 Å². The average molecular weight is 235 g/mol. The maximum Gasteiger partial charge on any atom is 0.0243 e. The topological polar surface area (TPSA) is 3.24 Å². The van der Waals surface area contributed by atoms with Crippen LogP contribution in [0.15, 0.2) is 0 Å². The van der Waals surface area contributed by atoms with Crippen molar-refractivity contribution in [2.75, 3.05) is 0 Å². The molecule has 0 radical (unpaired) electrons. The molecule has 0 bridgehead atoms. The molecule has 0 spiro atoms. The predicted octanol–water partition coefficient (Wildman–Crippen LogP) is 4.36. The van der Waals surface area contributed by atoms with Crippen LogP contribution in [-0.2, 0) is 0 Å². The van der Waals surface area contributed by atoms with Crippen LogP contribution in [0, 0.1) is 5.92 Å². The Morgan fingerprint density at radius 1 is 0.765 bits per heavy atom. The van der Waals surface area contributed by atoms with Crippen LogP contribution in [0.3, 0.4) is 0 Å². The predicted molar refractivity (Wildman–Crippen MR) is 73.2 cm³/mol. The first kappa shape index (κ1) is 12.0. The second-order valence-electron chi connectivity index (χ2n) is 7.79. The fourth-order valence-electron chi connectivity index (χ4n) is 5.70. The first-order valence-electron chi connectivity index (χ1n) is 7.74. The number of rotatable bonds is 1. The number of hydrogen-bond acceptors (Lipinski definition) is 1. The second kappa shape index (κ2) is 3.50. The summed E-state index contributed by atoms with van der Waals surface area (Å²) in [6, 6.07) is 0. The van der Waals surface area contributed by atoms with E-state index in [0.29, 0.717) is 16.6 Å². The minimum Gasteiger partial charge on any atom is -0.287 e. The van der Waals surface area contributed by atoms with E-state index >= 15 is 0 Å². The lowest BCUT2D eigenvalue weighted by atomic mass is 9.65. The van der Waals surface area contributed by atoms with Gasteiger partial charge in [0.15, 0.2) is 0 Å². The zero-order chi connectivity index (χ0) is 12.3. The molecular weight excluding hydrogens is 206 g/mol. The number of hydrogen-bond donors (Lipinski definition) is 0. The van der Waals surface area contributed by atoms with Gasteiger partial charge >= 0.3 is 0 Å². The van der Waals surface area contributed by atoms with Crippen molar-refractivity contribution in [2.24, 2.45) is 5.92 Å². The second-order valence-corrected chi connectivity index (χ2v) is 7.79. The van der Waals surface area contributed by atoms with Crippen LogP contribution in [0.25, 0.3) is 0 Å². The third-order valence-electron chi connectivity index (χ3n) is 6.45. The Labute approximate surface area is 107 Å². The molecule has 0 aromatic carbocycles. The molecule has 3 aliphatic rings. The molecule has 1 heteroatoms. The standard InChI is InChI=1S/C16H29N/c1-13(2)16-9-5-7-14(3)11-12-15(4,17(14)16)8-6-10-16/h13H,5-12H2,1-4H3. The molecule has 0 aromatic heterocycles. The molecule has 0 aromatic rings. The zero-order valence-corrected chi connectivity index (χ0v) is 12.2. The Bertz CT molecular complexity index is 297. The van der Waals surface area contributed by atoms with Crippen molar-refractivity contribution < 1.29 is 0 Å². The van der Waals surface area contributed by atoms with Crippen molar-refractivity contribution in [3.63, 3.8) is 0 Å². The van der Waals surface area contributed by atoms with Crippen LogP contribution in [0.1, 0.15) is 79.1 Å². The highest BCUT2D eigenvalue weighted by Gasteiger charge is 2.61. The summed E-state index contributed by atoms with van der Waals surface area (Å²) >= 11 is 0. The molecular formula is C16H29N. The highest BCUT2D eigenvalue weighted by atomic mass is 15.4. The summed E-state index contributed by atoms with van der Waals surface area (Å²) in [5.74, 6) is 0.819. The molecule has 2 unspecified atom stereocenters. The zero-order valence-electron chi connectivity index (χ0n) is 12.2. The van der Waals surface area contributed by atoms with E-state index in [0.717, 1.165) is 5.92 Å². The number of nitrogens with zero attached hydrogens (tertiary/aromatic N) is 1. The molecule has 1 nitrogen and oxygen atoms in total. The Balaban J connectivity index is 2.08. The fourth-order valence-corrected chi connectivity index (χ4v) is 5.70. The summed E-state index contributed by atoms with van der Waals surface area (Å²) in [6.45, 7) is 10.0. The van der Waals surface area contributed by atoms with Gasteiger partial charge in [-0.25, -0.2) is 0 Å². The Morgan fingerprint density at radius 3 is 1.65 bits per heavy atom. The maximum absolute atomic E-state index is 3.03. The van der Waals surface area contributed by atoms with Gasteiger partial charge in [-0.05, 0) is 71.1 Å². The van der Waals surface area contributed by atoms with E-state index in [1.807, 2.05) is 0 Å². The van der Waals surface area contributed by atoms with Crippen molar-refractivity contribution >= 4 is 0 Å². The molecule has 0 N–H and O–H groups in total. The van der Waals surface area contributed by atoms with Crippen LogP contribution >= 0.6 is 0 Å². The minimum atomic E-state index is 0.525. The monoisotopic (exact) mass is 235 g/mol. The maximum atomic E-state index is 3.03. The van der Waals surface area contributed by atoms with Crippen molar-refractivity contribution in [3.8, 4) is 0 Å². The van der Waals surface area contributed by atoms with Crippen molar-refractivity contribution in [1.29, 1.82) is 0 Å². The minimum absolute atomic E-state index is 0.525. The van der Waals surface area contributed by atoms with E-state index in [4.69, 9.17) is 0 Å². The molecule has 0 aliphatic carbocycles. The molecule has 17 heavy (non-hydrogen) atoms. The third-order valence-corrected chi connectivity index (χ3v) is 6.45. The van der Waals surface area contributed by atoms with Crippen LogP contribution in [0.5, 0.6) is 0 Å². The Hall–Kier alpha value is -0.0400. The van der Waals surface area contributed by atoms with Crippen LogP contribution in [0.4, 0.5) is 0 Å². The van der Waals surface area contributed by atoms with E-state index in [1.54, 1.807) is 0 Å². The van der Waals surface area contributed by atoms with Crippen molar-refractivity contribution in [2.45, 2.75) is 95.7 Å². The molecule has 98 valence electrons. The fraction of sp³-hybridized carbons (Fsp3) is 1.00. The van der Waals surface area contributed by atoms with Gasteiger partial charge in [-0.3, -0.25) is 4.90 Å². The van der Waals surface area contributed by atoms with Gasteiger partial charge in [0.1, 0.15) is 0 Å². The lowest BCUT2D eigenvalue weighted by molar-refractivity contribution is -0.137. The summed E-state index contributed by atoms with van der Waals surface area (Å²) in [4.78, 5) is 3.03. The SMILES string of the molecule is CC(C)C12CCCC3(C)CCC(C)(CCC1)N32.